The van der Waals surface area contributed by atoms with Gasteiger partial charge in [0.05, 0.1) is 0 Å². The summed E-state index contributed by atoms with van der Waals surface area (Å²) in [5.41, 5.74) is 3.07. The molecule has 0 heterocycles. The van der Waals surface area contributed by atoms with Gasteiger partial charge in [-0.2, -0.15) is 0 Å². The molecule has 1 aromatic rings. The molecular formula is C14H20N2O2. The summed E-state index contributed by atoms with van der Waals surface area (Å²) in [6.07, 6.45) is 0. The van der Waals surface area contributed by atoms with Crippen molar-refractivity contribution in [2.24, 2.45) is 0 Å². The molecule has 0 aliphatic heterocycles. The second-order valence-corrected chi connectivity index (χ2v) is 4.39. The Hall–Kier alpha value is -1.84. The van der Waals surface area contributed by atoms with E-state index in [4.69, 9.17) is 0 Å². The fourth-order valence-corrected chi connectivity index (χ4v) is 2.00. The van der Waals surface area contributed by atoms with Gasteiger partial charge in [-0.25, -0.2) is 0 Å². The molecule has 4 heteroatoms. The maximum absolute atomic E-state index is 11.7. The van der Waals surface area contributed by atoms with Gasteiger partial charge < -0.3 is 10.2 Å². The fourth-order valence-electron chi connectivity index (χ4n) is 2.00. The van der Waals surface area contributed by atoms with Crippen LogP contribution in [0.2, 0.25) is 0 Å². The highest BCUT2D eigenvalue weighted by Crippen LogP contribution is 2.24. The predicted octanol–water partition coefficient (Wildman–Crippen LogP) is 1.79. The number of anilines is 1. The topological polar surface area (TPSA) is 49.4 Å². The van der Waals surface area contributed by atoms with Gasteiger partial charge in [0.15, 0.2) is 0 Å². The molecule has 0 atom stereocenters. The van der Waals surface area contributed by atoms with Crippen LogP contribution in [0, 0.1) is 13.8 Å². The Morgan fingerprint density at radius 3 is 2.17 bits per heavy atom. The first-order valence-electron chi connectivity index (χ1n) is 6.02. The monoisotopic (exact) mass is 248 g/mol. The zero-order valence-corrected chi connectivity index (χ0v) is 11.4. The summed E-state index contributed by atoms with van der Waals surface area (Å²) >= 11 is 0. The van der Waals surface area contributed by atoms with Gasteiger partial charge in [0.25, 0.3) is 0 Å². The number of nitrogens with zero attached hydrogens (tertiary/aromatic N) is 1. The largest absolute Gasteiger partial charge is 0.355 e. The van der Waals surface area contributed by atoms with E-state index in [-0.39, 0.29) is 11.8 Å². The van der Waals surface area contributed by atoms with Crippen molar-refractivity contribution < 1.29 is 9.59 Å². The molecule has 0 saturated carbocycles. The zero-order chi connectivity index (χ0) is 13.7. The summed E-state index contributed by atoms with van der Waals surface area (Å²) in [5.74, 6) is -0.0993. The second kappa shape index (κ2) is 6.19. The van der Waals surface area contributed by atoms with Crippen LogP contribution in [0.1, 0.15) is 25.0 Å². The smallest absolute Gasteiger partial charge is 0.223 e. The van der Waals surface area contributed by atoms with Gasteiger partial charge in [-0.1, -0.05) is 18.2 Å². The van der Waals surface area contributed by atoms with E-state index in [2.05, 4.69) is 5.32 Å². The molecule has 0 saturated heterocycles. The lowest BCUT2D eigenvalue weighted by Crippen LogP contribution is -2.37. The number of amides is 2. The van der Waals surface area contributed by atoms with Gasteiger partial charge in [0, 0.05) is 32.6 Å². The van der Waals surface area contributed by atoms with Gasteiger partial charge in [0.2, 0.25) is 11.8 Å². The van der Waals surface area contributed by atoms with Gasteiger partial charge in [-0.05, 0) is 25.0 Å². The van der Waals surface area contributed by atoms with Gasteiger partial charge in [-0.3, -0.25) is 9.59 Å². The molecule has 18 heavy (non-hydrogen) atoms. The summed E-state index contributed by atoms with van der Waals surface area (Å²) in [6.45, 7) is 7.92. The van der Waals surface area contributed by atoms with Crippen LogP contribution in [0.25, 0.3) is 0 Å². The maximum Gasteiger partial charge on any atom is 0.223 e. The lowest BCUT2D eigenvalue weighted by Gasteiger charge is -2.25. The molecule has 0 aromatic heterocycles. The van der Waals surface area contributed by atoms with E-state index in [1.165, 1.54) is 6.92 Å². The van der Waals surface area contributed by atoms with Crippen LogP contribution in [-0.4, -0.2) is 24.9 Å². The molecule has 0 spiro atoms. The van der Waals surface area contributed by atoms with Gasteiger partial charge in [-0.15, -0.1) is 0 Å². The molecule has 2 amide bonds. The maximum atomic E-state index is 11.7. The standard InChI is InChI=1S/C14H20N2O2/c1-10-6-5-7-11(2)14(10)16(13(4)18)9-8-15-12(3)17/h5-7H,8-9H2,1-4H3,(H,15,17). The van der Waals surface area contributed by atoms with Crippen LogP contribution < -0.4 is 10.2 Å². The molecule has 0 fully saturated rings. The van der Waals surface area contributed by atoms with E-state index >= 15 is 0 Å². The summed E-state index contributed by atoms with van der Waals surface area (Å²) in [5, 5.41) is 2.71. The molecule has 0 aliphatic carbocycles. The molecule has 98 valence electrons. The summed E-state index contributed by atoms with van der Waals surface area (Å²) in [6, 6.07) is 5.94. The normalized spacial score (nSPS) is 10.0. The molecule has 0 bridgehead atoms. The molecule has 1 N–H and O–H groups in total. The quantitative estimate of drug-likeness (QED) is 0.883. The third-order valence-corrected chi connectivity index (χ3v) is 2.80. The summed E-state index contributed by atoms with van der Waals surface area (Å²) in [4.78, 5) is 24.3. The molecule has 4 nitrogen and oxygen atoms in total. The van der Waals surface area contributed by atoms with Gasteiger partial charge >= 0.3 is 0 Å². The molecular weight excluding hydrogens is 228 g/mol. The number of hydrogen-bond donors (Lipinski definition) is 1. The number of benzene rings is 1. The first-order chi connectivity index (χ1) is 8.43. The lowest BCUT2D eigenvalue weighted by molar-refractivity contribution is -0.119. The van der Waals surface area contributed by atoms with Crippen molar-refractivity contribution in [3.63, 3.8) is 0 Å². The van der Waals surface area contributed by atoms with Crippen molar-refractivity contribution in [2.45, 2.75) is 27.7 Å². The summed E-state index contributed by atoms with van der Waals surface area (Å²) < 4.78 is 0. The third-order valence-electron chi connectivity index (χ3n) is 2.80. The fraction of sp³-hybridized carbons (Fsp3) is 0.429. The molecule has 0 aliphatic rings. The van der Waals surface area contributed by atoms with Crippen LogP contribution in [0.5, 0.6) is 0 Å². The first-order valence-corrected chi connectivity index (χ1v) is 6.02. The minimum Gasteiger partial charge on any atom is -0.355 e. The van der Waals surface area contributed by atoms with Crippen molar-refractivity contribution in [1.82, 2.24) is 5.32 Å². The first kappa shape index (κ1) is 14.2. The average Bonchev–Trinajstić information content (AvgIpc) is 2.25. The number of aryl methyl sites for hydroxylation is 2. The number of carbonyl (C=O) groups excluding carboxylic acids is 2. The summed E-state index contributed by atoms with van der Waals surface area (Å²) in [7, 11) is 0. The Bertz CT molecular complexity index is 435. The minimum atomic E-state index is -0.0833. The minimum absolute atomic E-state index is 0.0160. The Balaban J connectivity index is 2.91. The van der Waals surface area contributed by atoms with Crippen LogP contribution in [0.15, 0.2) is 18.2 Å². The average molecular weight is 248 g/mol. The number of rotatable bonds is 4. The van der Waals surface area contributed by atoms with Gasteiger partial charge in [0.1, 0.15) is 0 Å². The number of hydrogen-bond acceptors (Lipinski definition) is 2. The van der Waals surface area contributed by atoms with Crippen molar-refractivity contribution in [1.29, 1.82) is 0 Å². The number of para-hydroxylation sites is 1. The van der Waals surface area contributed by atoms with Crippen molar-refractivity contribution in [3.8, 4) is 0 Å². The van der Waals surface area contributed by atoms with Crippen molar-refractivity contribution in [2.75, 3.05) is 18.0 Å². The highest BCUT2D eigenvalue weighted by molar-refractivity contribution is 5.93. The molecule has 0 radical (unpaired) electrons. The Kier molecular flexibility index (Phi) is 4.89. The van der Waals surface area contributed by atoms with E-state index in [9.17, 15) is 9.59 Å². The SMILES string of the molecule is CC(=O)NCCN(C(C)=O)c1c(C)cccc1C. The van der Waals surface area contributed by atoms with E-state index in [0.29, 0.717) is 13.1 Å². The Morgan fingerprint density at radius 1 is 1.17 bits per heavy atom. The number of nitrogens with one attached hydrogen (secondary N) is 1. The second-order valence-electron chi connectivity index (χ2n) is 4.39. The lowest BCUT2D eigenvalue weighted by atomic mass is 10.1. The van der Waals surface area contributed by atoms with E-state index in [0.717, 1.165) is 16.8 Å². The van der Waals surface area contributed by atoms with E-state index in [1.807, 2.05) is 32.0 Å². The van der Waals surface area contributed by atoms with E-state index < -0.39 is 0 Å². The Labute approximate surface area is 108 Å². The third kappa shape index (κ3) is 3.58. The predicted molar refractivity (Wildman–Crippen MR) is 72.6 cm³/mol. The Morgan fingerprint density at radius 2 is 1.72 bits per heavy atom. The highest BCUT2D eigenvalue weighted by atomic mass is 16.2. The van der Waals surface area contributed by atoms with Crippen molar-refractivity contribution >= 4 is 17.5 Å². The van der Waals surface area contributed by atoms with Crippen LogP contribution in [0.4, 0.5) is 5.69 Å². The molecule has 0 unspecified atom stereocenters. The number of carbonyl (C=O) groups is 2. The van der Waals surface area contributed by atoms with E-state index in [1.54, 1.807) is 11.8 Å². The highest BCUT2D eigenvalue weighted by Gasteiger charge is 2.15. The van der Waals surface area contributed by atoms with Crippen LogP contribution >= 0.6 is 0 Å². The van der Waals surface area contributed by atoms with Crippen LogP contribution in [-0.2, 0) is 9.59 Å². The van der Waals surface area contributed by atoms with Crippen molar-refractivity contribution in [3.05, 3.63) is 29.3 Å². The van der Waals surface area contributed by atoms with Crippen LogP contribution in [0.3, 0.4) is 0 Å². The molecule has 1 rings (SSSR count). The molecule has 1 aromatic carbocycles. The zero-order valence-electron chi connectivity index (χ0n) is 11.4.